The molecule has 1 saturated heterocycles. The predicted octanol–water partition coefficient (Wildman–Crippen LogP) is 2.17. The lowest BCUT2D eigenvalue weighted by Crippen LogP contribution is -2.53. The van der Waals surface area contributed by atoms with Gasteiger partial charge in [0.25, 0.3) is 0 Å². The van der Waals surface area contributed by atoms with Crippen LogP contribution in [0.4, 0.5) is 4.79 Å². The van der Waals surface area contributed by atoms with Crippen LogP contribution in [0.25, 0.3) is 0 Å². The number of fused-ring (bicyclic) bond motifs is 1. The second kappa shape index (κ2) is 9.32. The number of benzene rings is 1. The maximum atomic E-state index is 12.5. The Kier molecular flexibility index (Phi) is 6.35. The number of urea groups is 1. The van der Waals surface area contributed by atoms with Crippen LogP contribution in [0.15, 0.2) is 30.5 Å². The summed E-state index contributed by atoms with van der Waals surface area (Å²) in [6.45, 7) is 6.01. The number of carbonyl (C=O) groups is 2. The third kappa shape index (κ3) is 5.01. The molecule has 160 valence electrons. The van der Waals surface area contributed by atoms with Gasteiger partial charge in [-0.05, 0) is 25.3 Å². The molecule has 0 radical (unpaired) electrons. The Morgan fingerprint density at radius 1 is 1.00 bits per heavy atom. The van der Waals surface area contributed by atoms with Gasteiger partial charge in [0, 0.05) is 58.3 Å². The molecule has 2 aromatic rings. The van der Waals surface area contributed by atoms with Gasteiger partial charge in [-0.15, -0.1) is 0 Å². The highest BCUT2D eigenvalue weighted by Crippen LogP contribution is 2.14. The van der Waals surface area contributed by atoms with E-state index in [1.165, 1.54) is 24.2 Å². The van der Waals surface area contributed by atoms with E-state index in [-0.39, 0.29) is 11.9 Å². The summed E-state index contributed by atoms with van der Waals surface area (Å²) < 4.78 is 2.24. The van der Waals surface area contributed by atoms with E-state index in [0.29, 0.717) is 39.1 Å². The molecule has 1 aromatic carbocycles. The van der Waals surface area contributed by atoms with Crippen molar-refractivity contribution in [3.05, 3.63) is 53.1 Å². The number of rotatable bonds is 5. The van der Waals surface area contributed by atoms with Crippen LogP contribution < -0.4 is 5.32 Å². The molecule has 0 saturated carbocycles. The van der Waals surface area contributed by atoms with Crippen molar-refractivity contribution < 1.29 is 9.59 Å². The summed E-state index contributed by atoms with van der Waals surface area (Å²) >= 11 is 0. The minimum absolute atomic E-state index is 0.0513. The molecule has 0 unspecified atom stereocenters. The zero-order valence-corrected chi connectivity index (χ0v) is 17.8. The fourth-order valence-corrected chi connectivity index (χ4v) is 4.15. The Hall–Kier alpha value is -2.83. The van der Waals surface area contributed by atoms with Crippen molar-refractivity contribution in [1.82, 2.24) is 24.7 Å². The SMILES string of the molecule is Cc1ccc(CC(=O)N2CCN(C(=O)NCCc3cn4c(n3)CCCC4)CC2)cc1. The second-order valence-electron chi connectivity index (χ2n) is 8.31. The quantitative estimate of drug-likeness (QED) is 0.823. The van der Waals surface area contributed by atoms with Gasteiger partial charge in [0.2, 0.25) is 5.91 Å². The molecular formula is C23H31N5O2. The molecule has 0 spiro atoms. The first-order valence-corrected chi connectivity index (χ1v) is 11.0. The molecule has 1 N–H and O–H groups in total. The molecule has 1 aromatic heterocycles. The van der Waals surface area contributed by atoms with Gasteiger partial charge < -0.3 is 19.7 Å². The van der Waals surface area contributed by atoms with E-state index >= 15 is 0 Å². The second-order valence-corrected chi connectivity index (χ2v) is 8.31. The van der Waals surface area contributed by atoms with E-state index in [1.54, 1.807) is 4.90 Å². The fraction of sp³-hybridized carbons (Fsp3) is 0.522. The molecule has 1 fully saturated rings. The van der Waals surface area contributed by atoms with Crippen LogP contribution in [0.2, 0.25) is 0 Å². The van der Waals surface area contributed by atoms with Crippen molar-refractivity contribution >= 4 is 11.9 Å². The van der Waals surface area contributed by atoms with Gasteiger partial charge in [0.15, 0.2) is 0 Å². The Balaban J connectivity index is 1.18. The Morgan fingerprint density at radius 3 is 2.47 bits per heavy atom. The van der Waals surface area contributed by atoms with Crippen LogP contribution in [-0.2, 0) is 30.6 Å². The number of piperazine rings is 1. The topological polar surface area (TPSA) is 70.5 Å². The van der Waals surface area contributed by atoms with Crippen molar-refractivity contribution in [2.75, 3.05) is 32.7 Å². The number of carbonyl (C=O) groups excluding carboxylic acids is 2. The minimum Gasteiger partial charge on any atom is -0.339 e. The van der Waals surface area contributed by atoms with Crippen molar-refractivity contribution in [2.45, 2.75) is 45.6 Å². The lowest BCUT2D eigenvalue weighted by atomic mass is 10.1. The highest BCUT2D eigenvalue weighted by atomic mass is 16.2. The van der Waals surface area contributed by atoms with Crippen LogP contribution in [-0.4, -0.2) is 64.0 Å². The lowest BCUT2D eigenvalue weighted by molar-refractivity contribution is -0.131. The maximum absolute atomic E-state index is 12.5. The Bertz CT molecular complexity index is 858. The molecule has 0 aliphatic carbocycles. The molecule has 0 atom stereocenters. The highest BCUT2D eigenvalue weighted by Gasteiger charge is 2.24. The van der Waals surface area contributed by atoms with Crippen LogP contribution in [0.5, 0.6) is 0 Å². The first kappa shape index (κ1) is 20.4. The van der Waals surface area contributed by atoms with E-state index in [0.717, 1.165) is 30.6 Å². The maximum Gasteiger partial charge on any atom is 0.317 e. The van der Waals surface area contributed by atoms with Gasteiger partial charge in [0.05, 0.1) is 12.1 Å². The number of hydrogen-bond donors (Lipinski definition) is 1. The van der Waals surface area contributed by atoms with E-state index in [2.05, 4.69) is 21.1 Å². The van der Waals surface area contributed by atoms with Crippen LogP contribution in [0, 0.1) is 6.92 Å². The first-order valence-electron chi connectivity index (χ1n) is 11.0. The van der Waals surface area contributed by atoms with E-state index in [9.17, 15) is 9.59 Å². The largest absolute Gasteiger partial charge is 0.339 e. The summed E-state index contributed by atoms with van der Waals surface area (Å²) in [6, 6.07) is 8.03. The molecule has 3 amide bonds. The Labute approximate surface area is 178 Å². The van der Waals surface area contributed by atoms with Gasteiger partial charge in [-0.25, -0.2) is 9.78 Å². The van der Waals surface area contributed by atoms with E-state index in [1.807, 2.05) is 36.1 Å². The molecule has 2 aliphatic heterocycles. The van der Waals surface area contributed by atoms with Gasteiger partial charge in [-0.2, -0.15) is 0 Å². The van der Waals surface area contributed by atoms with Crippen LogP contribution >= 0.6 is 0 Å². The summed E-state index contributed by atoms with van der Waals surface area (Å²) in [5, 5.41) is 3.00. The monoisotopic (exact) mass is 409 g/mol. The average molecular weight is 410 g/mol. The lowest BCUT2D eigenvalue weighted by Gasteiger charge is -2.34. The summed E-state index contributed by atoms with van der Waals surface area (Å²) in [6.07, 6.45) is 6.78. The number of imidazole rings is 1. The summed E-state index contributed by atoms with van der Waals surface area (Å²) in [5.74, 6) is 1.30. The third-order valence-corrected chi connectivity index (χ3v) is 6.01. The van der Waals surface area contributed by atoms with Gasteiger partial charge in [-0.1, -0.05) is 29.8 Å². The predicted molar refractivity (Wildman–Crippen MR) is 115 cm³/mol. The summed E-state index contributed by atoms with van der Waals surface area (Å²) in [4.78, 5) is 33.3. The van der Waals surface area contributed by atoms with Crippen molar-refractivity contribution in [3.8, 4) is 0 Å². The number of aryl methyl sites for hydroxylation is 3. The van der Waals surface area contributed by atoms with Gasteiger partial charge in [0.1, 0.15) is 5.82 Å². The molecule has 0 bridgehead atoms. The van der Waals surface area contributed by atoms with Gasteiger partial charge >= 0.3 is 6.03 Å². The van der Waals surface area contributed by atoms with Crippen LogP contribution in [0.3, 0.4) is 0 Å². The highest BCUT2D eigenvalue weighted by molar-refractivity contribution is 5.79. The number of nitrogens with one attached hydrogen (secondary N) is 1. The number of hydrogen-bond acceptors (Lipinski definition) is 3. The van der Waals surface area contributed by atoms with Crippen molar-refractivity contribution in [3.63, 3.8) is 0 Å². The molecule has 2 aliphatic rings. The van der Waals surface area contributed by atoms with Gasteiger partial charge in [-0.3, -0.25) is 4.79 Å². The van der Waals surface area contributed by atoms with Crippen molar-refractivity contribution in [2.24, 2.45) is 0 Å². The Morgan fingerprint density at radius 2 is 1.73 bits per heavy atom. The average Bonchev–Trinajstić information content (AvgIpc) is 3.18. The summed E-state index contributed by atoms with van der Waals surface area (Å²) in [5.41, 5.74) is 3.28. The number of nitrogens with zero attached hydrogens (tertiary/aromatic N) is 4. The molecule has 7 heteroatoms. The summed E-state index contributed by atoms with van der Waals surface area (Å²) in [7, 11) is 0. The zero-order chi connectivity index (χ0) is 20.9. The molecule has 4 rings (SSSR count). The van der Waals surface area contributed by atoms with E-state index < -0.39 is 0 Å². The minimum atomic E-state index is -0.0513. The standard InChI is InChI=1S/C23H31N5O2/c1-18-5-7-19(8-6-18)16-22(29)26-12-14-27(15-13-26)23(30)24-10-9-20-17-28-11-3-2-4-21(28)25-20/h5-8,17H,2-4,9-16H2,1H3,(H,24,30). The van der Waals surface area contributed by atoms with Crippen molar-refractivity contribution in [1.29, 1.82) is 0 Å². The molecule has 3 heterocycles. The zero-order valence-electron chi connectivity index (χ0n) is 17.8. The molecule has 7 nitrogen and oxygen atoms in total. The fourth-order valence-electron chi connectivity index (χ4n) is 4.15. The molecular weight excluding hydrogens is 378 g/mol. The third-order valence-electron chi connectivity index (χ3n) is 6.01. The first-order chi connectivity index (χ1) is 14.6. The van der Waals surface area contributed by atoms with Crippen LogP contribution in [0.1, 0.15) is 35.5 Å². The van der Waals surface area contributed by atoms with E-state index in [4.69, 9.17) is 0 Å². The number of aromatic nitrogens is 2. The molecule has 30 heavy (non-hydrogen) atoms. The smallest absolute Gasteiger partial charge is 0.317 e. The normalized spacial score (nSPS) is 16.3. The number of amides is 3.